The zero-order chi connectivity index (χ0) is 9.41. The molecular formula is C10H20O2. The molecule has 2 unspecified atom stereocenters. The summed E-state index contributed by atoms with van der Waals surface area (Å²) in [7, 11) is 0. The van der Waals surface area contributed by atoms with Crippen molar-refractivity contribution in [2.24, 2.45) is 5.92 Å². The average molecular weight is 172 g/mol. The van der Waals surface area contributed by atoms with Crippen LogP contribution < -0.4 is 0 Å². The lowest BCUT2D eigenvalue weighted by molar-refractivity contribution is -0.129. The molecule has 1 aliphatic carbocycles. The van der Waals surface area contributed by atoms with E-state index in [1.165, 1.54) is 0 Å². The Hall–Kier alpha value is -0.0800. The Morgan fingerprint density at radius 3 is 2.17 bits per heavy atom. The Balaban J connectivity index is 2.69. The molecule has 0 radical (unpaired) electrons. The molecule has 12 heavy (non-hydrogen) atoms. The summed E-state index contributed by atoms with van der Waals surface area (Å²) in [6, 6.07) is 0. The summed E-state index contributed by atoms with van der Waals surface area (Å²) in [6.45, 7) is 5.90. The normalized spacial score (nSPS) is 42.5. The first kappa shape index (κ1) is 10.0. The van der Waals surface area contributed by atoms with E-state index >= 15 is 0 Å². The largest absolute Gasteiger partial charge is 0.387 e. The lowest BCUT2D eigenvalue weighted by Gasteiger charge is -2.36. The van der Waals surface area contributed by atoms with Gasteiger partial charge in [-0.25, -0.2) is 0 Å². The fourth-order valence-corrected chi connectivity index (χ4v) is 2.22. The molecule has 1 aliphatic rings. The lowest BCUT2D eigenvalue weighted by atomic mass is 9.81. The molecule has 1 saturated carbocycles. The monoisotopic (exact) mass is 172 g/mol. The van der Waals surface area contributed by atoms with E-state index < -0.39 is 11.2 Å². The van der Waals surface area contributed by atoms with Gasteiger partial charge >= 0.3 is 0 Å². The van der Waals surface area contributed by atoms with Crippen molar-refractivity contribution in [3.8, 4) is 0 Å². The van der Waals surface area contributed by atoms with Crippen molar-refractivity contribution in [1.82, 2.24) is 0 Å². The molecule has 2 N–H and O–H groups in total. The summed E-state index contributed by atoms with van der Waals surface area (Å²) < 4.78 is 0. The van der Waals surface area contributed by atoms with E-state index in [2.05, 4.69) is 13.8 Å². The summed E-state index contributed by atoms with van der Waals surface area (Å²) in [5, 5.41) is 20.1. The van der Waals surface area contributed by atoms with Crippen LogP contribution in [0.5, 0.6) is 0 Å². The fraction of sp³-hybridized carbons (Fsp3) is 1.00. The Morgan fingerprint density at radius 2 is 1.83 bits per heavy atom. The average Bonchev–Trinajstić information content (AvgIpc) is 2.05. The van der Waals surface area contributed by atoms with Gasteiger partial charge in [-0.15, -0.1) is 0 Å². The van der Waals surface area contributed by atoms with Crippen molar-refractivity contribution in [2.75, 3.05) is 0 Å². The number of hydrogen-bond donors (Lipinski definition) is 2. The molecule has 1 fully saturated rings. The van der Waals surface area contributed by atoms with Gasteiger partial charge in [0.1, 0.15) is 0 Å². The predicted molar refractivity (Wildman–Crippen MR) is 48.9 cm³/mol. The van der Waals surface area contributed by atoms with E-state index in [1.807, 2.05) is 0 Å². The van der Waals surface area contributed by atoms with Crippen LogP contribution in [0.2, 0.25) is 0 Å². The molecular weight excluding hydrogens is 152 g/mol. The second kappa shape index (κ2) is 3.00. The topological polar surface area (TPSA) is 40.5 Å². The van der Waals surface area contributed by atoms with Crippen molar-refractivity contribution in [1.29, 1.82) is 0 Å². The van der Waals surface area contributed by atoms with Crippen LogP contribution in [-0.2, 0) is 0 Å². The van der Waals surface area contributed by atoms with E-state index in [-0.39, 0.29) is 0 Å². The van der Waals surface area contributed by atoms with Gasteiger partial charge in [0.05, 0.1) is 11.2 Å². The molecule has 0 aromatic heterocycles. The maximum absolute atomic E-state index is 10.1. The smallest absolute Gasteiger partial charge is 0.0933 e. The minimum atomic E-state index is -0.864. The maximum atomic E-state index is 10.1. The molecule has 0 heterocycles. The van der Waals surface area contributed by atoms with Crippen LogP contribution >= 0.6 is 0 Å². The Morgan fingerprint density at radius 1 is 1.25 bits per heavy atom. The van der Waals surface area contributed by atoms with Crippen LogP contribution in [0.25, 0.3) is 0 Å². The van der Waals surface area contributed by atoms with Gasteiger partial charge < -0.3 is 10.2 Å². The highest BCUT2D eigenvalue weighted by Crippen LogP contribution is 2.42. The van der Waals surface area contributed by atoms with Crippen molar-refractivity contribution in [3.63, 3.8) is 0 Å². The Labute approximate surface area is 74.6 Å². The molecule has 0 saturated heterocycles. The van der Waals surface area contributed by atoms with Crippen molar-refractivity contribution < 1.29 is 10.2 Å². The Kier molecular flexibility index (Phi) is 2.50. The second-order valence-electron chi connectivity index (χ2n) is 4.76. The van der Waals surface area contributed by atoms with Gasteiger partial charge in [-0.3, -0.25) is 0 Å². The van der Waals surface area contributed by atoms with E-state index in [0.29, 0.717) is 12.3 Å². The quantitative estimate of drug-likeness (QED) is 0.665. The fourth-order valence-electron chi connectivity index (χ4n) is 2.22. The number of aliphatic hydroxyl groups is 2. The molecule has 0 aromatic rings. The molecule has 0 aliphatic heterocycles. The molecule has 0 spiro atoms. The molecule has 1 rings (SSSR count). The zero-order valence-corrected chi connectivity index (χ0v) is 8.30. The molecule has 0 aromatic carbocycles. The lowest BCUT2D eigenvalue weighted by Crippen LogP contribution is -2.48. The van der Waals surface area contributed by atoms with Gasteiger partial charge in [0.15, 0.2) is 0 Å². The maximum Gasteiger partial charge on any atom is 0.0933 e. The minimum absolute atomic E-state index is 0.444. The second-order valence-corrected chi connectivity index (χ2v) is 4.76. The van der Waals surface area contributed by atoms with Gasteiger partial charge in [-0.2, -0.15) is 0 Å². The van der Waals surface area contributed by atoms with E-state index in [4.69, 9.17) is 0 Å². The molecule has 2 atom stereocenters. The third-order valence-electron chi connectivity index (χ3n) is 3.00. The minimum Gasteiger partial charge on any atom is -0.387 e. The molecule has 2 heteroatoms. The first-order valence-electron chi connectivity index (χ1n) is 4.82. The third kappa shape index (κ3) is 1.64. The molecule has 72 valence electrons. The number of rotatable bonds is 2. The van der Waals surface area contributed by atoms with Crippen molar-refractivity contribution in [3.05, 3.63) is 0 Å². The number of hydrogen-bond acceptors (Lipinski definition) is 2. The summed E-state index contributed by atoms with van der Waals surface area (Å²) in [5.74, 6) is 0.444. The molecule has 2 nitrogen and oxygen atoms in total. The van der Waals surface area contributed by atoms with Crippen molar-refractivity contribution >= 4 is 0 Å². The summed E-state index contributed by atoms with van der Waals surface area (Å²) in [6.07, 6.45) is 3.13. The van der Waals surface area contributed by atoms with E-state index in [9.17, 15) is 10.2 Å². The van der Waals surface area contributed by atoms with Gasteiger partial charge in [-0.05, 0) is 38.5 Å². The SMILES string of the molecule is CC(C)CC1(O)CCCC1(C)O. The van der Waals surface area contributed by atoms with Gasteiger partial charge in [-0.1, -0.05) is 13.8 Å². The highest BCUT2D eigenvalue weighted by Gasteiger charge is 2.49. The summed E-state index contributed by atoms with van der Waals surface area (Å²) >= 11 is 0. The van der Waals surface area contributed by atoms with Gasteiger partial charge in [0, 0.05) is 0 Å². The standard InChI is InChI=1S/C10H20O2/c1-8(2)7-10(12)6-4-5-9(10,3)11/h8,11-12H,4-7H2,1-3H3. The zero-order valence-electron chi connectivity index (χ0n) is 8.30. The third-order valence-corrected chi connectivity index (χ3v) is 3.00. The first-order chi connectivity index (χ1) is 5.37. The highest BCUT2D eigenvalue weighted by atomic mass is 16.4. The van der Waals surface area contributed by atoms with Crippen LogP contribution in [0.1, 0.15) is 46.5 Å². The van der Waals surface area contributed by atoms with Gasteiger partial charge in [0.25, 0.3) is 0 Å². The van der Waals surface area contributed by atoms with Crippen LogP contribution in [-0.4, -0.2) is 21.4 Å². The first-order valence-corrected chi connectivity index (χ1v) is 4.82. The van der Waals surface area contributed by atoms with Crippen LogP contribution in [0, 0.1) is 5.92 Å². The van der Waals surface area contributed by atoms with Crippen LogP contribution in [0.3, 0.4) is 0 Å². The Bertz CT molecular complexity index is 163. The van der Waals surface area contributed by atoms with Gasteiger partial charge in [0.2, 0.25) is 0 Å². The van der Waals surface area contributed by atoms with Crippen molar-refractivity contribution in [2.45, 2.75) is 57.7 Å². The molecule has 0 bridgehead atoms. The summed E-state index contributed by atoms with van der Waals surface area (Å²) in [5.41, 5.74) is -1.70. The van der Waals surface area contributed by atoms with E-state index in [0.717, 1.165) is 19.3 Å². The van der Waals surface area contributed by atoms with Crippen LogP contribution in [0.4, 0.5) is 0 Å². The van der Waals surface area contributed by atoms with E-state index in [1.54, 1.807) is 6.92 Å². The van der Waals surface area contributed by atoms with Crippen LogP contribution in [0.15, 0.2) is 0 Å². The molecule has 0 amide bonds. The summed E-state index contributed by atoms with van der Waals surface area (Å²) in [4.78, 5) is 0. The predicted octanol–water partition coefficient (Wildman–Crippen LogP) is 1.70. The highest BCUT2D eigenvalue weighted by molar-refractivity contribution is 5.02.